The number of nitrogens with zero attached hydrogens (tertiary/aromatic N) is 1. The molecule has 0 bridgehead atoms. The molecule has 2 aromatic carbocycles. The third-order valence-corrected chi connectivity index (χ3v) is 6.93. The summed E-state index contributed by atoms with van der Waals surface area (Å²) < 4.78 is 51.8. The van der Waals surface area contributed by atoms with E-state index in [0.717, 1.165) is 25.0 Å². The zero-order valence-electron chi connectivity index (χ0n) is 18.3. The number of benzene rings is 2. The van der Waals surface area contributed by atoms with Crippen molar-refractivity contribution in [2.45, 2.75) is 43.5 Å². The van der Waals surface area contributed by atoms with Gasteiger partial charge in [-0.15, -0.1) is 0 Å². The molecule has 1 heterocycles. The number of carbonyl (C=O) groups excluding carboxylic acids is 1. The normalized spacial score (nSPS) is 14.9. The Labute approximate surface area is 188 Å². The van der Waals surface area contributed by atoms with Gasteiger partial charge in [0.1, 0.15) is 5.82 Å². The Morgan fingerprint density at radius 2 is 1.81 bits per heavy atom. The fourth-order valence-electron chi connectivity index (χ4n) is 3.53. The third kappa shape index (κ3) is 5.98. The Morgan fingerprint density at radius 3 is 2.44 bits per heavy atom. The number of sulfonamides is 1. The van der Waals surface area contributed by atoms with Gasteiger partial charge in [-0.05, 0) is 61.7 Å². The van der Waals surface area contributed by atoms with Crippen molar-refractivity contribution in [2.24, 2.45) is 0 Å². The molecular weight excluding hydrogens is 435 g/mol. The molecule has 9 heteroatoms. The molecule has 0 atom stereocenters. The lowest BCUT2D eigenvalue weighted by Gasteiger charge is -2.32. The maximum absolute atomic E-state index is 13.1. The second kappa shape index (κ2) is 10.8. The van der Waals surface area contributed by atoms with Gasteiger partial charge in [-0.2, -0.15) is 0 Å². The Hall–Kier alpha value is -2.65. The Balaban J connectivity index is 1.58. The Kier molecular flexibility index (Phi) is 8.09. The van der Waals surface area contributed by atoms with Crippen LogP contribution in [0.4, 0.5) is 4.39 Å². The average molecular weight is 465 g/mol. The minimum Gasteiger partial charge on any atom is -0.493 e. The van der Waals surface area contributed by atoms with Crippen molar-refractivity contribution in [3.8, 4) is 11.5 Å². The molecule has 1 N–H and O–H groups in total. The van der Waals surface area contributed by atoms with Crippen molar-refractivity contribution >= 4 is 15.9 Å². The molecule has 2 aromatic rings. The van der Waals surface area contributed by atoms with Gasteiger partial charge in [-0.3, -0.25) is 4.79 Å². The number of rotatable bonds is 9. The average Bonchev–Trinajstić information content (AvgIpc) is 2.79. The van der Waals surface area contributed by atoms with E-state index in [0.29, 0.717) is 49.6 Å². The molecule has 0 saturated carbocycles. The molecule has 32 heavy (non-hydrogen) atoms. The zero-order valence-corrected chi connectivity index (χ0v) is 19.2. The van der Waals surface area contributed by atoms with Crippen LogP contribution in [0.25, 0.3) is 0 Å². The van der Waals surface area contributed by atoms with E-state index in [-0.39, 0.29) is 16.8 Å². The van der Waals surface area contributed by atoms with E-state index < -0.39 is 15.8 Å². The van der Waals surface area contributed by atoms with Crippen LogP contribution < -0.4 is 14.2 Å². The van der Waals surface area contributed by atoms with Crippen molar-refractivity contribution in [1.29, 1.82) is 0 Å². The smallest absolute Gasteiger partial charge is 0.253 e. The molecular formula is C23H29FN2O5S. The van der Waals surface area contributed by atoms with E-state index in [1.54, 1.807) is 23.1 Å². The quantitative estimate of drug-likeness (QED) is 0.573. The maximum atomic E-state index is 13.1. The summed E-state index contributed by atoms with van der Waals surface area (Å²) in [5.74, 6) is 0.483. The first-order valence-corrected chi connectivity index (χ1v) is 12.2. The summed E-state index contributed by atoms with van der Waals surface area (Å²) in [6.45, 7) is 3.51. The summed E-state index contributed by atoms with van der Waals surface area (Å²) in [5.41, 5.74) is 0.495. The van der Waals surface area contributed by atoms with Crippen LogP contribution >= 0.6 is 0 Å². The van der Waals surface area contributed by atoms with E-state index in [9.17, 15) is 17.6 Å². The second-order valence-electron chi connectivity index (χ2n) is 7.71. The van der Waals surface area contributed by atoms with Crippen LogP contribution in [0.3, 0.4) is 0 Å². The molecule has 0 radical (unpaired) electrons. The van der Waals surface area contributed by atoms with Gasteiger partial charge in [-0.25, -0.2) is 17.5 Å². The van der Waals surface area contributed by atoms with Crippen LogP contribution in [0.5, 0.6) is 11.5 Å². The van der Waals surface area contributed by atoms with Crippen molar-refractivity contribution in [2.75, 3.05) is 26.8 Å². The lowest BCUT2D eigenvalue weighted by atomic mass is 10.0. The zero-order chi connectivity index (χ0) is 23.1. The molecule has 0 aromatic heterocycles. The number of piperidine rings is 1. The van der Waals surface area contributed by atoms with Crippen LogP contribution in [-0.4, -0.2) is 52.1 Å². The van der Waals surface area contributed by atoms with Crippen molar-refractivity contribution in [3.63, 3.8) is 0 Å². The first-order valence-electron chi connectivity index (χ1n) is 10.7. The third-order valence-electron chi connectivity index (χ3n) is 5.39. The van der Waals surface area contributed by atoms with Gasteiger partial charge in [0.15, 0.2) is 11.5 Å². The van der Waals surface area contributed by atoms with Gasteiger partial charge in [-0.1, -0.05) is 13.3 Å². The first-order chi connectivity index (χ1) is 15.3. The number of ether oxygens (including phenoxy) is 2. The van der Waals surface area contributed by atoms with Gasteiger partial charge in [0.25, 0.3) is 5.91 Å². The number of carbonyl (C=O) groups is 1. The summed E-state index contributed by atoms with van der Waals surface area (Å²) >= 11 is 0. The number of methoxy groups -OCH3 is 1. The molecule has 174 valence electrons. The molecule has 1 saturated heterocycles. The van der Waals surface area contributed by atoms with Gasteiger partial charge in [0.05, 0.1) is 18.6 Å². The monoisotopic (exact) mass is 464 g/mol. The van der Waals surface area contributed by atoms with Crippen molar-refractivity contribution in [1.82, 2.24) is 9.62 Å². The molecule has 3 rings (SSSR count). The van der Waals surface area contributed by atoms with Crippen LogP contribution in [0.2, 0.25) is 0 Å². The van der Waals surface area contributed by atoms with E-state index in [1.165, 1.54) is 19.2 Å². The standard InChI is InChI=1S/C23H29FN2O5S/c1-3-4-15-31-21-10-5-17(16-22(21)30-2)23(27)26-13-11-19(12-14-26)25-32(28,29)20-8-6-18(24)7-9-20/h5-10,16,19,25H,3-4,11-15H2,1-2H3. The van der Waals surface area contributed by atoms with Gasteiger partial charge in [0.2, 0.25) is 10.0 Å². The highest BCUT2D eigenvalue weighted by atomic mass is 32.2. The summed E-state index contributed by atoms with van der Waals surface area (Å²) in [5, 5.41) is 0. The highest BCUT2D eigenvalue weighted by molar-refractivity contribution is 7.89. The lowest BCUT2D eigenvalue weighted by Crippen LogP contribution is -2.46. The van der Waals surface area contributed by atoms with E-state index in [1.807, 2.05) is 0 Å². The molecule has 7 nitrogen and oxygen atoms in total. The van der Waals surface area contributed by atoms with Crippen molar-refractivity contribution in [3.05, 3.63) is 53.8 Å². The Bertz CT molecular complexity index is 1020. The maximum Gasteiger partial charge on any atom is 0.253 e. The van der Waals surface area contributed by atoms with Gasteiger partial charge >= 0.3 is 0 Å². The Morgan fingerprint density at radius 1 is 1.12 bits per heavy atom. The van der Waals surface area contributed by atoms with E-state index >= 15 is 0 Å². The lowest BCUT2D eigenvalue weighted by molar-refractivity contribution is 0.0711. The SMILES string of the molecule is CCCCOc1ccc(C(=O)N2CCC(NS(=O)(=O)c3ccc(F)cc3)CC2)cc1OC. The fourth-order valence-corrected chi connectivity index (χ4v) is 4.84. The van der Waals surface area contributed by atoms with Crippen LogP contribution in [0.1, 0.15) is 43.0 Å². The predicted octanol–water partition coefficient (Wildman–Crippen LogP) is 3.60. The molecule has 1 fully saturated rings. The summed E-state index contributed by atoms with van der Waals surface area (Å²) in [4.78, 5) is 14.7. The minimum absolute atomic E-state index is 0.0192. The molecule has 1 amide bonds. The fraction of sp³-hybridized carbons (Fsp3) is 0.435. The summed E-state index contributed by atoms with van der Waals surface area (Å²) in [6, 6.07) is 9.54. The largest absolute Gasteiger partial charge is 0.493 e. The highest BCUT2D eigenvalue weighted by Gasteiger charge is 2.27. The number of amides is 1. The minimum atomic E-state index is -3.74. The van der Waals surface area contributed by atoms with Gasteiger partial charge < -0.3 is 14.4 Å². The number of hydrogen-bond donors (Lipinski definition) is 1. The van der Waals surface area contributed by atoms with E-state index in [4.69, 9.17) is 9.47 Å². The number of unbranched alkanes of at least 4 members (excludes halogenated alkanes) is 1. The number of nitrogens with one attached hydrogen (secondary N) is 1. The molecule has 0 unspecified atom stereocenters. The van der Waals surface area contributed by atoms with Crippen LogP contribution in [-0.2, 0) is 10.0 Å². The van der Waals surface area contributed by atoms with Crippen molar-refractivity contribution < 1.29 is 27.1 Å². The number of likely N-dealkylation sites (tertiary alicyclic amines) is 1. The molecule has 0 aliphatic carbocycles. The topological polar surface area (TPSA) is 84.9 Å². The highest BCUT2D eigenvalue weighted by Crippen LogP contribution is 2.29. The molecule has 1 aliphatic rings. The molecule has 1 aliphatic heterocycles. The molecule has 0 spiro atoms. The van der Waals surface area contributed by atoms with Crippen LogP contribution in [0.15, 0.2) is 47.4 Å². The predicted molar refractivity (Wildman–Crippen MR) is 119 cm³/mol. The van der Waals surface area contributed by atoms with Gasteiger partial charge in [0, 0.05) is 24.7 Å². The second-order valence-corrected chi connectivity index (χ2v) is 9.42. The number of halogens is 1. The summed E-state index contributed by atoms with van der Waals surface area (Å²) in [7, 11) is -2.20. The number of hydrogen-bond acceptors (Lipinski definition) is 5. The van der Waals surface area contributed by atoms with Crippen LogP contribution in [0, 0.1) is 5.82 Å². The summed E-state index contributed by atoms with van der Waals surface area (Å²) in [6.07, 6.45) is 2.93. The van der Waals surface area contributed by atoms with E-state index in [2.05, 4.69) is 11.6 Å². The first kappa shape index (κ1) is 24.0.